The first-order chi connectivity index (χ1) is 15.3. The third-order valence-corrected chi connectivity index (χ3v) is 8.02. The molecule has 4 aliphatic rings. The second kappa shape index (κ2) is 6.72. The van der Waals surface area contributed by atoms with Crippen molar-refractivity contribution in [3.05, 3.63) is 47.3 Å². The highest BCUT2D eigenvalue weighted by molar-refractivity contribution is 5.84. The van der Waals surface area contributed by atoms with Crippen LogP contribution in [-0.2, 0) is 11.6 Å². The molecule has 7 heteroatoms. The first kappa shape index (κ1) is 20.1. The van der Waals surface area contributed by atoms with Crippen molar-refractivity contribution >= 4 is 11.0 Å². The molecule has 168 valence electrons. The molecule has 1 aromatic carbocycles. The van der Waals surface area contributed by atoms with Gasteiger partial charge < -0.3 is 4.74 Å². The van der Waals surface area contributed by atoms with Gasteiger partial charge in [-0.15, -0.1) is 0 Å². The number of benzene rings is 1. The Bertz CT molecular complexity index is 1160. The van der Waals surface area contributed by atoms with Gasteiger partial charge in [-0.05, 0) is 93.5 Å². The molecule has 2 aromatic heterocycles. The predicted octanol–water partition coefficient (Wildman–Crippen LogP) is 6.22. The Morgan fingerprint density at radius 2 is 1.59 bits per heavy atom. The molecule has 0 aliphatic heterocycles. The van der Waals surface area contributed by atoms with Gasteiger partial charge in [-0.3, -0.25) is 0 Å². The maximum atomic E-state index is 14.3. The Labute approximate surface area is 184 Å². The Morgan fingerprint density at radius 1 is 1.00 bits per heavy atom. The highest BCUT2D eigenvalue weighted by Crippen LogP contribution is 2.60. The van der Waals surface area contributed by atoms with Crippen LogP contribution in [0.15, 0.2) is 30.3 Å². The van der Waals surface area contributed by atoms with Crippen molar-refractivity contribution in [3.8, 4) is 11.4 Å². The van der Waals surface area contributed by atoms with Gasteiger partial charge in [0.25, 0.3) is 0 Å². The van der Waals surface area contributed by atoms with Gasteiger partial charge in [0, 0.05) is 11.1 Å². The van der Waals surface area contributed by atoms with E-state index in [-0.39, 0.29) is 10.8 Å². The zero-order valence-electron chi connectivity index (χ0n) is 18.2. The summed E-state index contributed by atoms with van der Waals surface area (Å²) in [6.07, 6.45) is 2.12. The fraction of sp³-hybridized carbons (Fsp3) is 0.520. The van der Waals surface area contributed by atoms with Gasteiger partial charge in [-0.25, -0.2) is 9.67 Å². The van der Waals surface area contributed by atoms with Crippen LogP contribution in [0.5, 0.6) is 5.75 Å². The third kappa shape index (κ3) is 2.96. The molecule has 4 nitrogen and oxygen atoms in total. The molecule has 7 rings (SSSR count). The summed E-state index contributed by atoms with van der Waals surface area (Å²) in [5.74, 6) is 2.56. The third-order valence-electron chi connectivity index (χ3n) is 8.02. The molecule has 32 heavy (non-hydrogen) atoms. The largest absolute Gasteiger partial charge is 0.497 e. The smallest absolute Gasteiger partial charge is 0.417 e. The molecule has 4 saturated carbocycles. The lowest BCUT2D eigenvalue weighted by Crippen LogP contribution is -2.49. The fourth-order valence-corrected chi connectivity index (χ4v) is 7.11. The van der Waals surface area contributed by atoms with Crippen LogP contribution in [-0.4, -0.2) is 21.9 Å². The lowest BCUT2D eigenvalue weighted by molar-refractivity contribution is -0.136. The second-order valence-corrected chi connectivity index (χ2v) is 10.1. The van der Waals surface area contributed by atoms with Gasteiger partial charge in [0.1, 0.15) is 5.75 Å². The summed E-state index contributed by atoms with van der Waals surface area (Å²) in [7, 11) is 1.58. The maximum absolute atomic E-state index is 14.3. The second-order valence-electron chi connectivity index (χ2n) is 10.1. The summed E-state index contributed by atoms with van der Waals surface area (Å²) in [5.41, 5.74) is 1.09. The summed E-state index contributed by atoms with van der Waals surface area (Å²) in [6, 6.07) is 8.52. The number of fused-ring (bicyclic) bond motifs is 1. The Hall–Kier alpha value is -2.57. The van der Waals surface area contributed by atoms with E-state index in [2.05, 4.69) is 5.10 Å². The molecule has 0 amide bonds. The molecule has 4 aliphatic carbocycles. The van der Waals surface area contributed by atoms with E-state index in [9.17, 15) is 13.2 Å². The molecule has 0 atom stereocenters. The molecule has 0 unspecified atom stereocenters. The summed E-state index contributed by atoms with van der Waals surface area (Å²) in [6.45, 7) is 1.63. The van der Waals surface area contributed by atoms with Gasteiger partial charge >= 0.3 is 6.18 Å². The van der Waals surface area contributed by atoms with Gasteiger partial charge in [-0.1, -0.05) is 0 Å². The minimum absolute atomic E-state index is 0.0989. The number of methoxy groups -OCH3 is 1. The van der Waals surface area contributed by atoms with Crippen LogP contribution < -0.4 is 4.74 Å². The van der Waals surface area contributed by atoms with Crippen LogP contribution >= 0.6 is 0 Å². The number of alkyl halides is 3. The molecule has 0 saturated heterocycles. The number of nitrogens with zero attached hydrogens (tertiary/aromatic N) is 3. The first-order valence-corrected chi connectivity index (χ1v) is 11.4. The zero-order valence-corrected chi connectivity index (χ0v) is 18.2. The van der Waals surface area contributed by atoms with Gasteiger partial charge in [0.05, 0.1) is 29.4 Å². The monoisotopic (exact) mass is 441 g/mol. The van der Waals surface area contributed by atoms with Gasteiger partial charge in [-0.2, -0.15) is 18.3 Å². The van der Waals surface area contributed by atoms with Crippen molar-refractivity contribution in [2.45, 2.75) is 57.0 Å². The Morgan fingerprint density at radius 3 is 2.12 bits per heavy atom. The molecular weight excluding hydrogens is 415 g/mol. The SMILES string of the molecule is COc1ccc(-n2nc(C)c3c(C(F)(F)F)cc(C45CC6CC(CC(C6)C4)C5)nc32)cc1. The predicted molar refractivity (Wildman–Crippen MR) is 115 cm³/mol. The number of pyridine rings is 1. The van der Waals surface area contributed by atoms with E-state index in [0.29, 0.717) is 46.2 Å². The molecule has 0 radical (unpaired) electrons. The van der Waals surface area contributed by atoms with Crippen LogP contribution in [0.1, 0.15) is 55.5 Å². The van der Waals surface area contributed by atoms with E-state index in [1.165, 1.54) is 25.3 Å². The normalized spacial score (nSPS) is 29.1. The van der Waals surface area contributed by atoms with Crippen LogP contribution in [0, 0.1) is 24.7 Å². The van der Waals surface area contributed by atoms with Gasteiger partial charge in [0.2, 0.25) is 0 Å². The van der Waals surface area contributed by atoms with Crippen LogP contribution in [0.3, 0.4) is 0 Å². The van der Waals surface area contributed by atoms with Crippen molar-refractivity contribution in [1.82, 2.24) is 14.8 Å². The summed E-state index contributed by atoms with van der Waals surface area (Å²) >= 11 is 0. The van der Waals surface area contributed by atoms with Crippen molar-refractivity contribution in [2.75, 3.05) is 7.11 Å². The Balaban J connectivity index is 1.57. The minimum Gasteiger partial charge on any atom is -0.497 e. The van der Waals surface area contributed by atoms with E-state index >= 15 is 0 Å². The van der Waals surface area contributed by atoms with E-state index in [1.54, 1.807) is 43.0 Å². The number of aryl methyl sites for hydroxylation is 1. The molecule has 0 N–H and O–H groups in total. The standard InChI is InChI=1S/C25H26F3N3O/c1-14-22-20(25(26,27)28)10-21(24-11-15-7-16(12-24)9-17(8-15)13-24)29-23(22)31(30-14)18-3-5-19(32-2)6-4-18/h3-6,10,15-17H,7-9,11-13H2,1-2H3. The number of hydrogen-bond donors (Lipinski definition) is 0. The molecule has 0 spiro atoms. The average molecular weight is 441 g/mol. The number of aromatic nitrogens is 3. The van der Waals surface area contributed by atoms with Gasteiger partial charge in [0.15, 0.2) is 5.65 Å². The van der Waals surface area contributed by atoms with E-state index in [0.717, 1.165) is 19.3 Å². The minimum atomic E-state index is -4.46. The number of hydrogen-bond acceptors (Lipinski definition) is 3. The van der Waals surface area contributed by atoms with Crippen LogP contribution in [0.4, 0.5) is 13.2 Å². The number of halogens is 3. The van der Waals surface area contributed by atoms with Crippen molar-refractivity contribution < 1.29 is 17.9 Å². The van der Waals surface area contributed by atoms with E-state index in [1.807, 2.05) is 0 Å². The number of rotatable bonds is 3. The van der Waals surface area contributed by atoms with Crippen molar-refractivity contribution in [3.63, 3.8) is 0 Å². The summed E-state index contributed by atoms with van der Waals surface area (Å²) < 4.78 is 49.6. The Kier molecular flexibility index (Phi) is 4.21. The summed E-state index contributed by atoms with van der Waals surface area (Å²) in [4.78, 5) is 4.95. The highest BCUT2D eigenvalue weighted by atomic mass is 19.4. The van der Waals surface area contributed by atoms with Crippen molar-refractivity contribution in [1.29, 1.82) is 0 Å². The molecule has 4 bridgehead atoms. The van der Waals surface area contributed by atoms with E-state index in [4.69, 9.17) is 9.72 Å². The average Bonchev–Trinajstić information content (AvgIpc) is 3.08. The topological polar surface area (TPSA) is 39.9 Å². The lowest BCUT2D eigenvalue weighted by Gasteiger charge is -2.56. The quantitative estimate of drug-likeness (QED) is 0.484. The van der Waals surface area contributed by atoms with Crippen molar-refractivity contribution in [2.24, 2.45) is 17.8 Å². The molecular formula is C25H26F3N3O. The molecule has 3 aromatic rings. The zero-order chi connectivity index (χ0) is 22.3. The van der Waals surface area contributed by atoms with Crippen LogP contribution in [0.25, 0.3) is 16.7 Å². The summed E-state index contributed by atoms with van der Waals surface area (Å²) in [5, 5.41) is 4.59. The lowest BCUT2D eigenvalue weighted by atomic mass is 9.48. The fourth-order valence-electron chi connectivity index (χ4n) is 7.11. The maximum Gasteiger partial charge on any atom is 0.417 e. The first-order valence-electron chi connectivity index (χ1n) is 11.4. The molecule has 2 heterocycles. The molecule has 4 fully saturated rings. The number of ether oxygens (including phenoxy) is 1. The van der Waals surface area contributed by atoms with E-state index < -0.39 is 11.7 Å². The highest BCUT2D eigenvalue weighted by Gasteiger charge is 2.53. The van der Waals surface area contributed by atoms with Crippen LogP contribution in [0.2, 0.25) is 0 Å².